The molecule has 35 heavy (non-hydrogen) atoms. The molecule has 8 nitrogen and oxygen atoms in total. The second kappa shape index (κ2) is 7.65. The van der Waals surface area contributed by atoms with Crippen molar-refractivity contribution in [3.8, 4) is 6.07 Å². The summed E-state index contributed by atoms with van der Waals surface area (Å²) in [5.74, 6) is -0.508. The quantitative estimate of drug-likeness (QED) is 0.470. The van der Waals surface area contributed by atoms with Crippen LogP contribution in [0.4, 0.5) is 13.8 Å². The topological polar surface area (TPSA) is 119 Å². The molecule has 0 spiro atoms. The second-order valence-electron chi connectivity index (χ2n) is 9.74. The molecular weight excluding hydrogens is 474 g/mol. The van der Waals surface area contributed by atoms with Gasteiger partial charge in [-0.2, -0.15) is 5.26 Å². The van der Waals surface area contributed by atoms with Crippen molar-refractivity contribution in [2.45, 2.75) is 31.5 Å². The van der Waals surface area contributed by atoms with Crippen LogP contribution < -0.4 is 16.4 Å². The first-order chi connectivity index (χ1) is 16.7. The third-order valence-corrected chi connectivity index (χ3v) is 8.60. The van der Waals surface area contributed by atoms with E-state index < -0.39 is 29.3 Å². The third kappa shape index (κ3) is 3.17. The van der Waals surface area contributed by atoms with Gasteiger partial charge in [0.1, 0.15) is 22.9 Å². The van der Waals surface area contributed by atoms with E-state index in [0.717, 1.165) is 16.9 Å². The molecule has 4 atom stereocenters. The molecule has 1 aromatic rings. The van der Waals surface area contributed by atoms with E-state index in [9.17, 15) is 14.8 Å². The fraction of sp³-hybridized carbons (Fsp3) is 0.417. The minimum Gasteiger partial charge on any atom is -0.389 e. The number of nitrogens with one attached hydrogen (secondary N) is 2. The third-order valence-electron chi connectivity index (χ3n) is 7.55. The monoisotopic (exact) mass is 498 g/mol. The first kappa shape index (κ1) is 22.3. The van der Waals surface area contributed by atoms with Crippen LogP contribution in [0.3, 0.4) is 0 Å². The van der Waals surface area contributed by atoms with Crippen molar-refractivity contribution in [2.24, 2.45) is 10.9 Å². The van der Waals surface area contributed by atoms with Gasteiger partial charge in [0.25, 0.3) is 0 Å². The molecule has 4 unspecified atom stereocenters. The summed E-state index contributed by atoms with van der Waals surface area (Å²) in [6.45, 7) is 5.22. The number of β-amino-alcohol motifs (C(OH)–C–C–N with tert-alkyl or cyclic N) is 1. The second-order valence-corrected chi connectivity index (χ2v) is 10.8. The highest BCUT2D eigenvalue weighted by Gasteiger charge is 2.45. The fourth-order valence-electron chi connectivity index (χ4n) is 5.46. The Morgan fingerprint density at radius 3 is 2.83 bits per heavy atom. The average molecular weight is 499 g/mol. The number of likely N-dealkylation sites (tertiary alicyclic amines) is 1. The molecule has 5 heterocycles. The van der Waals surface area contributed by atoms with E-state index >= 15 is 4.39 Å². The Balaban J connectivity index is 1.46. The highest BCUT2D eigenvalue weighted by atomic mass is 32.1. The Morgan fingerprint density at radius 2 is 2.11 bits per heavy atom. The molecule has 1 fully saturated rings. The van der Waals surface area contributed by atoms with E-state index in [0.29, 0.717) is 47.9 Å². The number of hydrogen-bond donors (Lipinski definition) is 4. The maximum atomic E-state index is 16.4. The van der Waals surface area contributed by atoms with Crippen LogP contribution in [0.5, 0.6) is 0 Å². The Labute approximate surface area is 204 Å². The van der Waals surface area contributed by atoms with Gasteiger partial charge in [0, 0.05) is 48.1 Å². The van der Waals surface area contributed by atoms with Crippen molar-refractivity contribution in [3.63, 3.8) is 0 Å². The molecule has 182 valence electrons. The van der Waals surface area contributed by atoms with E-state index in [1.807, 2.05) is 11.8 Å². The number of rotatable bonds is 1. The van der Waals surface area contributed by atoms with E-state index in [2.05, 4.69) is 16.7 Å². The molecule has 0 radical (unpaired) electrons. The van der Waals surface area contributed by atoms with Gasteiger partial charge in [0.05, 0.1) is 35.3 Å². The fourth-order valence-corrected chi connectivity index (χ4v) is 6.42. The van der Waals surface area contributed by atoms with Gasteiger partial charge in [-0.15, -0.1) is 11.3 Å². The summed E-state index contributed by atoms with van der Waals surface area (Å²) in [5, 5.41) is 26.7. The van der Waals surface area contributed by atoms with Crippen LogP contribution in [-0.4, -0.2) is 53.9 Å². The maximum Gasteiger partial charge on any atom is 0.199 e. The zero-order chi connectivity index (χ0) is 24.6. The molecule has 6 rings (SSSR count). The Hall–Kier alpha value is -3.20. The summed E-state index contributed by atoms with van der Waals surface area (Å²) in [4.78, 5) is 6.87. The first-order valence-electron chi connectivity index (χ1n) is 11.4. The molecule has 4 aliphatic heterocycles. The van der Waals surface area contributed by atoms with Crippen molar-refractivity contribution in [1.29, 1.82) is 5.26 Å². The normalized spacial score (nSPS) is 31.6. The van der Waals surface area contributed by atoms with Gasteiger partial charge in [-0.25, -0.2) is 13.8 Å². The van der Waals surface area contributed by atoms with Crippen LogP contribution in [0, 0.1) is 17.2 Å². The standard InChI is InChI=1S/C24H24F2N6O2S/c1-10-6-32(9-24(10,2)33)23-30-4-12-13-7-34-8-14(13)16(18(26)19(12)31-23)20-17-11(3-27)22(28)35-21(17)15(25)5-29-20/h4-5,10,19-20,29,33H,6-9,28H2,1-2H3,(H,30,31). The number of aliphatic hydroxyl groups is 1. The molecule has 5 N–H and O–H groups in total. The Bertz CT molecular complexity index is 1350. The molecule has 0 amide bonds. The van der Waals surface area contributed by atoms with Crippen LogP contribution in [0.15, 0.2) is 45.5 Å². The first-order valence-corrected chi connectivity index (χ1v) is 12.2. The molecule has 0 bridgehead atoms. The zero-order valence-electron chi connectivity index (χ0n) is 19.2. The molecule has 0 saturated carbocycles. The van der Waals surface area contributed by atoms with E-state index in [1.54, 1.807) is 13.1 Å². The molecule has 1 aromatic heterocycles. The molecule has 1 saturated heterocycles. The van der Waals surface area contributed by atoms with E-state index in [-0.39, 0.29) is 28.0 Å². The van der Waals surface area contributed by atoms with Gasteiger partial charge in [-0.1, -0.05) is 6.92 Å². The number of hydrogen-bond acceptors (Lipinski definition) is 9. The van der Waals surface area contributed by atoms with Gasteiger partial charge in [0.15, 0.2) is 11.8 Å². The lowest BCUT2D eigenvalue weighted by atomic mass is 9.79. The maximum absolute atomic E-state index is 16.4. The number of nitrogens with zero attached hydrogens (tertiary/aromatic N) is 3. The Kier molecular flexibility index (Phi) is 4.87. The summed E-state index contributed by atoms with van der Waals surface area (Å²) in [6, 6.07) is 0.344. The average Bonchev–Trinajstić information content (AvgIpc) is 3.51. The number of nitriles is 1. The number of aliphatic imine (C=N–C) groups is 1. The van der Waals surface area contributed by atoms with Crippen LogP contribution in [-0.2, 0) is 4.74 Å². The van der Waals surface area contributed by atoms with Crippen LogP contribution >= 0.6 is 11.3 Å². The lowest BCUT2D eigenvalue weighted by molar-refractivity contribution is 0.0399. The van der Waals surface area contributed by atoms with Crippen molar-refractivity contribution in [3.05, 3.63) is 56.5 Å². The molecule has 5 aliphatic rings. The summed E-state index contributed by atoms with van der Waals surface area (Å²) >= 11 is 0.984. The van der Waals surface area contributed by atoms with Crippen LogP contribution in [0.25, 0.3) is 5.83 Å². The van der Waals surface area contributed by atoms with E-state index in [1.165, 1.54) is 6.20 Å². The van der Waals surface area contributed by atoms with Crippen molar-refractivity contribution >= 4 is 28.1 Å². The number of ether oxygens (including phenoxy) is 1. The summed E-state index contributed by atoms with van der Waals surface area (Å²) in [5.41, 5.74) is 8.14. The van der Waals surface area contributed by atoms with Gasteiger partial charge < -0.3 is 31.1 Å². The molecular formula is C24H24F2N6O2S. The summed E-state index contributed by atoms with van der Waals surface area (Å²) < 4.78 is 36.8. The zero-order valence-corrected chi connectivity index (χ0v) is 20.0. The summed E-state index contributed by atoms with van der Waals surface area (Å²) in [7, 11) is 0. The summed E-state index contributed by atoms with van der Waals surface area (Å²) in [6.07, 6.45) is 2.95. The SMILES string of the molecule is CC1CN(C2=NC3C(=CN2)C2=C(COC2)C(C2NC=C(F)c4sc(N)c(C#N)c42)=C3F)CC1(C)O. The highest BCUT2D eigenvalue weighted by Crippen LogP contribution is 2.50. The number of nitrogen functional groups attached to an aromatic ring is 1. The van der Waals surface area contributed by atoms with Gasteiger partial charge in [-0.05, 0) is 18.1 Å². The predicted octanol–water partition coefficient (Wildman–Crippen LogP) is 2.59. The van der Waals surface area contributed by atoms with Crippen molar-refractivity contribution in [2.75, 3.05) is 32.0 Å². The Morgan fingerprint density at radius 1 is 1.34 bits per heavy atom. The van der Waals surface area contributed by atoms with Gasteiger partial charge >= 0.3 is 0 Å². The molecule has 1 aliphatic carbocycles. The van der Waals surface area contributed by atoms with Crippen molar-refractivity contribution < 1.29 is 18.6 Å². The van der Waals surface area contributed by atoms with Gasteiger partial charge in [0.2, 0.25) is 0 Å². The number of fused-ring (bicyclic) bond motifs is 3. The number of halogens is 2. The predicted molar refractivity (Wildman–Crippen MR) is 128 cm³/mol. The van der Waals surface area contributed by atoms with Gasteiger partial charge in [-0.3, -0.25) is 0 Å². The molecule has 0 aromatic carbocycles. The number of anilines is 1. The highest BCUT2D eigenvalue weighted by molar-refractivity contribution is 7.17. The van der Waals surface area contributed by atoms with E-state index in [4.69, 9.17) is 15.5 Å². The minimum atomic E-state index is -0.912. The number of nitrogens with two attached hydrogens (primary N) is 1. The lowest BCUT2D eigenvalue weighted by Crippen LogP contribution is -2.44. The van der Waals surface area contributed by atoms with Crippen molar-refractivity contribution in [1.82, 2.24) is 15.5 Å². The van der Waals surface area contributed by atoms with Crippen LogP contribution in [0.2, 0.25) is 0 Å². The lowest BCUT2D eigenvalue weighted by Gasteiger charge is -2.34. The largest absolute Gasteiger partial charge is 0.389 e. The smallest absolute Gasteiger partial charge is 0.199 e. The molecule has 11 heteroatoms. The number of thiophene rings is 1. The minimum absolute atomic E-state index is 0.0252. The number of guanidine groups is 1. The van der Waals surface area contributed by atoms with Crippen LogP contribution in [0.1, 0.15) is 35.9 Å².